The number of rotatable bonds is 1. The summed E-state index contributed by atoms with van der Waals surface area (Å²) in [6.45, 7) is 8.90. The van der Waals surface area contributed by atoms with Crippen molar-refractivity contribution in [1.29, 1.82) is 0 Å². The number of benzene rings is 2. The van der Waals surface area contributed by atoms with Crippen molar-refractivity contribution in [1.82, 2.24) is 9.97 Å². The Morgan fingerprint density at radius 2 is 1.40 bits per heavy atom. The summed E-state index contributed by atoms with van der Waals surface area (Å²) in [7, 11) is 0. The predicted octanol–water partition coefficient (Wildman–Crippen LogP) is 6.89. The molecule has 1 N–H and O–H groups in total. The maximum atomic E-state index is 5.04. The number of nitrogens with zero attached hydrogens (tertiary/aromatic N) is 1. The van der Waals surface area contributed by atoms with Crippen molar-refractivity contribution in [3.05, 3.63) is 51.2 Å². The number of fused-ring (bicyclic) bond motifs is 6. The van der Waals surface area contributed by atoms with Gasteiger partial charge < -0.3 is 4.98 Å². The number of hydrogen-bond donors (Lipinski definition) is 1. The molecule has 5 rings (SSSR count). The lowest BCUT2D eigenvalue weighted by atomic mass is 10.1. The molecular weight excluding hydrogens is 344 g/mol. The summed E-state index contributed by atoms with van der Waals surface area (Å²) in [4.78, 5) is 11.5. The average Bonchev–Trinajstić information content (AvgIpc) is 3.25. The molecule has 0 radical (unpaired) electrons. The molecule has 0 atom stereocenters. The Bertz CT molecular complexity index is 1190. The van der Waals surface area contributed by atoms with Gasteiger partial charge in [0.2, 0.25) is 0 Å². The molecule has 0 saturated heterocycles. The summed E-state index contributed by atoms with van der Waals surface area (Å²) in [6.07, 6.45) is 0. The molecule has 4 heteroatoms. The zero-order valence-corrected chi connectivity index (χ0v) is 16.3. The lowest BCUT2D eigenvalue weighted by Crippen LogP contribution is -1.79. The van der Waals surface area contributed by atoms with Crippen LogP contribution >= 0.6 is 22.7 Å². The van der Waals surface area contributed by atoms with Crippen LogP contribution in [0.15, 0.2) is 30.3 Å². The van der Waals surface area contributed by atoms with Crippen molar-refractivity contribution < 1.29 is 0 Å². The highest BCUT2D eigenvalue weighted by atomic mass is 32.1. The van der Waals surface area contributed by atoms with Gasteiger partial charge in [-0.05, 0) is 38.8 Å². The van der Waals surface area contributed by atoms with Crippen LogP contribution in [0.5, 0.6) is 0 Å². The zero-order chi connectivity index (χ0) is 17.3. The largest absolute Gasteiger partial charge is 0.337 e. The topological polar surface area (TPSA) is 28.7 Å². The number of thiophene rings is 2. The fraction of sp³-hybridized carbons (Fsp3) is 0.190. The number of nitrogens with one attached hydrogen (secondary N) is 1. The van der Waals surface area contributed by atoms with E-state index in [-0.39, 0.29) is 0 Å². The normalized spacial score (nSPS) is 12.0. The molecule has 0 bridgehead atoms. The van der Waals surface area contributed by atoms with Crippen molar-refractivity contribution >= 4 is 53.9 Å². The Balaban J connectivity index is 2.04. The number of aryl methyl sites for hydroxylation is 4. The van der Waals surface area contributed by atoms with Crippen LogP contribution in [-0.2, 0) is 0 Å². The zero-order valence-electron chi connectivity index (χ0n) is 14.7. The second-order valence-electron chi connectivity index (χ2n) is 6.65. The summed E-state index contributed by atoms with van der Waals surface area (Å²) in [5.41, 5.74) is 6.17. The summed E-state index contributed by atoms with van der Waals surface area (Å²) in [6, 6.07) is 10.4. The first-order chi connectivity index (χ1) is 12.1. The SMILES string of the molecule is Cc1sc2c3sc(C)c(C)c3c3[nH]c(-c4ccccc4)nc3c2c1C. The number of aromatic nitrogens is 2. The Morgan fingerprint density at radius 3 is 2.08 bits per heavy atom. The van der Waals surface area contributed by atoms with Crippen LogP contribution in [0.3, 0.4) is 0 Å². The van der Waals surface area contributed by atoms with Crippen molar-refractivity contribution in [2.24, 2.45) is 0 Å². The minimum absolute atomic E-state index is 0.955. The first-order valence-electron chi connectivity index (χ1n) is 8.42. The van der Waals surface area contributed by atoms with Crippen molar-refractivity contribution in [3.63, 3.8) is 0 Å². The van der Waals surface area contributed by atoms with E-state index in [2.05, 4.69) is 56.9 Å². The van der Waals surface area contributed by atoms with Gasteiger partial charge in [-0.2, -0.15) is 0 Å². The Labute approximate surface area is 154 Å². The molecule has 0 amide bonds. The fourth-order valence-electron chi connectivity index (χ4n) is 3.63. The summed E-state index contributed by atoms with van der Waals surface area (Å²) in [5.74, 6) is 0.955. The highest BCUT2D eigenvalue weighted by Crippen LogP contribution is 2.46. The monoisotopic (exact) mass is 362 g/mol. The number of hydrogen-bond acceptors (Lipinski definition) is 3. The first kappa shape index (κ1) is 15.1. The van der Waals surface area contributed by atoms with Gasteiger partial charge in [0.1, 0.15) is 5.82 Å². The van der Waals surface area contributed by atoms with Gasteiger partial charge in [0.15, 0.2) is 0 Å². The average molecular weight is 363 g/mol. The molecule has 3 aromatic heterocycles. The van der Waals surface area contributed by atoms with Crippen LogP contribution in [0.2, 0.25) is 0 Å². The van der Waals surface area contributed by atoms with Crippen LogP contribution in [0.25, 0.3) is 42.6 Å². The third kappa shape index (κ3) is 1.98. The van der Waals surface area contributed by atoms with Gasteiger partial charge in [-0.15, -0.1) is 22.7 Å². The summed E-state index contributed by atoms with van der Waals surface area (Å²) >= 11 is 3.82. The Kier molecular flexibility index (Phi) is 3.12. The molecule has 2 aromatic carbocycles. The Hall–Kier alpha value is -2.17. The highest BCUT2D eigenvalue weighted by molar-refractivity contribution is 7.27. The maximum absolute atomic E-state index is 5.04. The van der Waals surface area contributed by atoms with Crippen LogP contribution in [0.1, 0.15) is 20.9 Å². The molecule has 0 fully saturated rings. The second-order valence-corrected chi connectivity index (χ2v) is 9.10. The molecule has 0 saturated carbocycles. The van der Waals surface area contributed by atoms with Gasteiger partial charge in [0.05, 0.1) is 20.4 Å². The third-order valence-corrected chi connectivity index (χ3v) is 7.79. The van der Waals surface area contributed by atoms with Gasteiger partial charge >= 0.3 is 0 Å². The molecule has 124 valence electrons. The van der Waals surface area contributed by atoms with E-state index in [1.165, 1.54) is 46.6 Å². The van der Waals surface area contributed by atoms with Gasteiger partial charge in [-0.25, -0.2) is 4.98 Å². The highest BCUT2D eigenvalue weighted by Gasteiger charge is 2.21. The quantitative estimate of drug-likeness (QED) is 0.345. The van der Waals surface area contributed by atoms with Gasteiger partial charge in [0, 0.05) is 26.1 Å². The third-order valence-electron chi connectivity index (χ3n) is 5.21. The lowest BCUT2D eigenvalue weighted by molar-refractivity contribution is 1.34. The van der Waals surface area contributed by atoms with E-state index in [0.717, 1.165) is 16.9 Å². The summed E-state index contributed by atoms with van der Waals surface area (Å²) < 4.78 is 2.80. The van der Waals surface area contributed by atoms with Gasteiger partial charge in [0.25, 0.3) is 0 Å². The van der Waals surface area contributed by atoms with Crippen molar-refractivity contribution in [2.45, 2.75) is 27.7 Å². The maximum Gasteiger partial charge on any atom is 0.138 e. The summed E-state index contributed by atoms with van der Waals surface area (Å²) in [5, 5.41) is 2.67. The minimum Gasteiger partial charge on any atom is -0.337 e. The molecule has 0 aliphatic carbocycles. The van der Waals surface area contributed by atoms with Crippen molar-refractivity contribution in [2.75, 3.05) is 0 Å². The van der Waals surface area contributed by atoms with Crippen LogP contribution < -0.4 is 0 Å². The molecule has 25 heavy (non-hydrogen) atoms. The Morgan fingerprint density at radius 1 is 0.800 bits per heavy atom. The predicted molar refractivity (Wildman–Crippen MR) is 111 cm³/mol. The van der Waals surface area contributed by atoms with E-state index in [4.69, 9.17) is 4.98 Å². The van der Waals surface area contributed by atoms with Gasteiger partial charge in [-0.1, -0.05) is 30.3 Å². The van der Waals surface area contributed by atoms with E-state index in [1.54, 1.807) is 0 Å². The smallest absolute Gasteiger partial charge is 0.138 e. The number of aromatic amines is 1. The first-order valence-corrected chi connectivity index (χ1v) is 10.1. The molecular formula is C21H18N2S2. The molecule has 0 unspecified atom stereocenters. The molecule has 3 heterocycles. The van der Waals surface area contributed by atoms with E-state index < -0.39 is 0 Å². The molecule has 0 spiro atoms. The molecule has 5 aromatic rings. The van der Waals surface area contributed by atoms with Crippen LogP contribution in [0.4, 0.5) is 0 Å². The second kappa shape index (κ2) is 5.16. The van der Waals surface area contributed by atoms with E-state index >= 15 is 0 Å². The fourth-order valence-corrected chi connectivity index (χ4v) is 6.10. The molecule has 0 aliphatic heterocycles. The number of imidazole rings is 1. The van der Waals surface area contributed by atoms with E-state index in [1.807, 2.05) is 28.7 Å². The van der Waals surface area contributed by atoms with E-state index in [0.29, 0.717) is 0 Å². The van der Waals surface area contributed by atoms with Crippen LogP contribution in [-0.4, -0.2) is 9.97 Å². The van der Waals surface area contributed by atoms with Crippen LogP contribution in [0, 0.1) is 27.7 Å². The standard InChI is InChI=1S/C21H18N2S2/c1-10-12(3)24-19-15(10)17-18(16-11(2)13(4)25-20(16)19)23-21(22-17)14-8-6-5-7-9-14/h5-9H,1-4H3,(H,22,23). The van der Waals surface area contributed by atoms with Gasteiger partial charge in [-0.3, -0.25) is 0 Å². The number of H-pyrrole nitrogens is 1. The molecule has 0 aliphatic rings. The lowest BCUT2D eigenvalue weighted by Gasteiger charge is -1.99. The van der Waals surface area contributed by atoms with Crippen molar-refractivity contribution in [3.8, 4) is 11.4 Å². The molecule has 2 nitrogen and oxygen atoms in total. The minimum atomic E-state index is 0.955. The van der Waals surface area contributed by atoms with E-state index in [9.17, 15) is 0 Å².